The van der Waals surface area contributed by atoms with Crippen molar-refractivity contribution in [1.82, 2.24) is 20.1 Å². The molecule has 2 aromatic rings. The van der Waals surface area contributed by atoms with Gasteiger partial charge in [-0.05, 0) is 64.3 Å². The molecule has 1 aromatic heterocycles. The number of carbonyl (C=O) groups excluding carboxylic acids is 1. The van der Waals surface area contributed by atoms with Gasteiger partial charge in [-0.15, -0.1) is 0 Å². The Morgan fingerprint density at radius 2 is 2.04 bits per heavy atom. The first-order valence-corrected chi connectivity index (χ1v) is 8.64. The minimum absolute atomic E-state index is 0.0558. The van der Waals surface area contributed by atoms with Crippen LogP contribution in [-0.4, -0.2) is 38.3 Å². The smallest absolute Gasteiger partial charge is 0.322 e. The molecule has 7 heteroatoms. The van der Waals surface area contributed by atoms with Crippen molar-refractivity contribution >= 4 is 11.7 Å². The van der Waals surface area contributed by atoms with E-state index in [1.165, 1.54) is 6.33 Å². The van der Waals surface area contributed by atoms with E-state index in [0.29, 0.717) is 6.54 Å². The zero-order valence-electron chi connectivity index (χ0n) is 15.0. The maximum absolute atomic E-state index is 12.7. The standard InChI is InChI=1S/C18H25N5O2/c1-18(2,3)25-14-9-7-13(8-10-14)21-17(24)23-11-5-4-6-15(23)16-19-12-20-22-16/h7-10,12,15H,4-6,11H2,1-3H3,(H,21,24)(H,19,20,22). The van der Waals surface area contributed by atoms with Crippen LogP contribution in [0.3, 0.4) is 0 Å². The van der Waals surface area contributed by atoms with Crippen molar-refractivity contribution in [2.45, 2.75) is 51.7 Å². The highest BCUT2D eigenvalue weighted by Crippen LogP contribution is 2.29. The molecule has 1 aromatic carbocycles. The van der Waals surface area contributed by atoms with E-state index in [0.717, 1.165) is 36.5 Å². The summed E-state index contributed by atoms with van der Waals surface area (Å²) in [5.41, 5.74) is 0.497. The highest BCUT2D eigenvalue weighted by molar-refractivity contribution is 5.89. The molecule has 2 N–H and O–H groups in total. The van der Waals surface area contributed by atoms with Gasteiger partial charge in [0.25, 0.3) is 0 Å². The third-order valence-corrected chi connectivity index (χ3v) is 4.04. The number of anilines is 1. The van der Waals surface area contributed by atoms with E-state index < -0.39 is 0 Å². The molecule has 0 bridgehead atoms. The molecular weight excluding hydrogens is 318 g/mol. The number of ether oxygens (including phenoxy) is 1. The number of nitrogens with zero attached hydrogens (tertiary/aromatic N) is 3. The van der Waals surface area contributed by atoms with E-state index in [1.807, 2.05) is 49.9 Å². The summed E-state index contributed by atoms with van der Waals surface area (Å²) in [5, 5.41) is 9.75. The zero-order valence-corrected chi connectivity index (χ0v) is 15.0. The number of benzene rings is 1. The third kappa shape index (κ3) is 4.49. The number of piperidine rings is 1. The van der Waals surface area contributed by atoms with Gasteiger partial charge in [-0.3, -0.25) is 5.10 Å². The molecule has 7 nitrogen and oxygen atoms in total. The number of H-pyrrole nitrogens is 1. The van der Waals surface area contributed by atoms with Crippen LogP contribution in [0.5, 0.6) is 5.75 Å². The van der Waals surface area contributed by atoms with Gasteiger partial charge < -0.3 is 15.0 Å². The van der Waals surface area contributed by atoms with E-state index in [9.17, 15) is 4.79 Å². The van der Waals surface area contributed by atoms with Gasteiger partial charge in [0.1, 0.15) is 23.5 Å². The first kappa shape index (κ1) is 17.3. The van der Waals surface area contributed by atoms with Crippen molar-refractivity contribution < 1.29 is 9.53 Å². The molecule has 2 heterocycles. The summed E-state index contributed by atoms with van der Waals surface area (Å²) in [5.74, 6) is 1.52. The van der Waals surface area contributed by atoms with E-state index in [1.54, 1.807) is 0 Å². The van der Waals surface area contributed by atoms with Crippen LogP contribution in [-0.2, 0) is 0 Å². The van der Waals surface area contributed by atoms with Crippen LogP contribution in [0.2, 0.25) is 0 Å². The van der Waals surface area contributed by atoms with Crippen molar-refractivity contribution in [3.05, 3.63) is 36.4 Å². The molecule has 0 saturated carbocycles. The van der Waals surface area contributed by atoms with Crippen molar-refractivity contribution in [2.75, 3.05) is 11.9 Å². The van der Waals surface area contributed by atoms with Crippen LogP contribution >= 0.6 is 0 Å². The van der Waals surface area contributed by atoms with Crippen LogP contribution in [0.25, 0.3) is 0 Å². The number of rotatable bonds is 3. The van der Waals surface area contributed by atoms with Gasteiger partial charge in [-0.2, -0.15) is 5.10 Å². The Hall–Kier alpha value is -2.57. The molecule has 1 fully saturated rings. The highest BCUT2D eigenvalue weighted by atomic mass is 16.5. The highest BCUT2D eigenvalue weighted by Gasteiger charge is 2.30. The molecule has 3 rings (SSSR count). The Kier molecular flexibility index (Phi) is 4.92. The topological polar surface area (TPSA) is 83.1 Å². The Morgan fingerprint density at radius 3 is 2.68 bits per heavy atom. The van der Waals surface area contributed by atoms with Gasteiger partial charge in [-0.1, -0.05) is 0 Å². The molecule has 0 spiro atoms. The molecule has 1 aliphatic rings. The normalized spacial score (nSPS) is 18.0. The van der Waals surface area contributed by atoms with Crippen LogP contribution in [0.4, 0.5) is 10.5 Å². The number of likely N-dealkylation sites (tertiary alicyclic amines) is 1. The first-order chi connectivity index (χ1) is 11.9. The predicted octanol–water partition coefficient (Wildman–Crippen LogP) is 3.74. The second-order valence-electron chi connectivity index (χ2n) is 7.24. The van der Waals surface area contributed by atoms with E-state index in [4.69, 9.17) is 4.74 Å². The molecule has 1 atom stereocenters. The van der Waals surface area contributed by atoms with Crippen LogP contribution in [0.1, 0.15) is 51.9 Å². The van der Waals surface area contributed by atoms with Gasteiger partial charge in [0.15, 0.2) is 0 Å². The summed E-state index contributed by atoms with van der Waals surface area (Å²) in [7, 11) is 0. The molecule has 25 heavy (non-hydrogen) atoms. The molecule has 2 amide bonds. The second kappa shape index (κ2) is 7.13. The maximum Gasteiger partial charge on any atom is 0.322 e. The lowest BCUT2D eigenvalue weighted by molar-refractivity contribution is 0.131. The van der Waals surface area contributed by atoms with E-state index in [2.05, 4.69) is 20.5 Å². The summed E-state index contributed by atoms with van der Waals surface area (Å²) in [6.45, 7) is 6.72. The first-order valence-electron chi connectivity index (χ1n) is 8.64. The molecule has 134 valence electrons. The lowest BCUT2D eigenvalue weighted by Gasteiger charge is -2.34. The van der Waals surface area contributed by atoms with Gasteiger partial charge in [0, 0.05) is 12.2 Å². The quantitative estimate of drug-likeness (QED) is 0.889. The number of hydrogen-bond acceptors (Lipinski definition) is 4. The lowest BCUT2D eigenvalue weighted by Crippen LogP contribution is -2.41. The minimum Gasteiger partial charge on any atom is -0.488 e. The number of carbonyl (C=O) groups is 1. The number of urea groups is 1. The average Bonchev–Trinajstić information content (AvgIpc) is 3.10. The summed E-state index contributed by atoms with van der Waals surface area (Å²) < 4.78 is 5.80. The maximum atomic E-state index is 12.7. The Morgan fingerprint density at radius 1 is 1.28 bits per heavy atom. The van der Waals surface area contributed by atoms with Gasteiger partial charge in [0.2, 0.25) is 0 Å². The summed E-state index contributed by atoms with van der Waals surface area (Å²) >= 11 is 0. The van der Waals surface area contributed by atoms with Crippen molar-refractivity contribution in [2.24, 2.45) is 0 Å². The monoisotopic (exact) mass is 343 g/mol. The van der Waals surface area contributed by atoms with Crippen LogP contribution < -0.4 is 10.1 Å². The molecule has 1 saturated heterocycles. The summed E-state index contributed by atoms with van der Waals surface area (Å²) in [4.78, 5) is 18.8. The third-order valence-electron chi connectivity index (χ3n) is 4.04. The van der Waals surface area contributed by atoms with Gasteiger partial charge in [-0.25, -0.2) is 9.78 Å². The summed E-state index contributed by atoms with van der Waals surface area (Å²) in [6, 6.07) is 7.26. The summed E-state index contributed by atoms with van der Waals surface area (Å²) in [6.07, 6.45) is 4.44. The minimum atomic E-state index is -0.247. The average molecular weight is 343 g/mol. The molecule has 0 aliphatic carbocycles. The number of aromatic amines is 1. The fourth-order valence-corrected chi connectivity index (χ4v) is 2.99. The van der Waals surface area contributed by atoms with Gasteiger partial charge in [0.05, 0.1) is 6.04 Å². The van der Waals surface area contributed by atoms with E-state index >= 15 is 0 Å². The number of aromatic nitrogens is 3. The Bertz CT molecular complexity index is 691. The number of hydrogen-bond donors (Lipinski definition) is 2. The number of nitrogens with one attached hydrogen (secondary N) is 2. The zero-order chi connectivity index (χ0) is 17.9. The lowest BCUT2D eigenvalue weighted by atomic mass is 10.0. The van der Waals surface area contributed by atoms with Crippen molar-refractivity contribution in [3.63, 3.8) is 0 Å². The van der Waals surface area contributed by atoms with Crippen molar-refractivity contribution in [3.8, 4) is 5.75 Å². The van der Waals surface area contributed by atoms with Crippen LogP contribution in [0.15, 0.2) is 30.6 Å². The fraction of sp³-hybridized carbons (Fsp3) is 0.500. The molecular formula is C18H25N5O2. The Labute approximate surface area is 147 Å². The van der Waals surface area contributed by atoms with Crippen molar-refractivity contribution in [1.29, 1.82) is 0 Å². The second-order valence-corrected chi connectivity index (χ2v) is 7.24. The van der Waals surface area contributed by atoms with Crippen LogP contribution in [0, 0.1) is 0 Å². The Balaban J connectivity index is 1.66. The molecule has 1 aliphatic heterocycles. The number of amides is 2. The predicted molar refractivity (Wildman–Crippen MR) is 95.5 cm³/mol. The SMILES string of the molecule is CC(C)(C)Oc1ccc(NC(=O)N2CCCCC2c2ncn[nH]2)cc1. The van der Waals surface area contributed by atoms with E-state index in [-0.39, 0.29) is 17.7 Å². The molecule has 0 radical (unpaired) electrons. The fourth-order valence-electron chi connectivity index (χ4n) is 2.99. The largest absolute Gasteiger partial charge is 0.488 e. The van der Waals surface area contributed by atoms with Gasteiger partial charge >= 0.3 is 6.03 Å². The molecule has 1 unspecified atom stereocenters.